The van der Waals surface area contributed by atoms with Crippen molar-refractivity contribution >= 4 is 17.5 Å². The van der Waals surface area contributed by atoms with Crippen molar-refractivity contribution in [1.29, 1.82) is 0 Å². The summed E-state index contributed by atoms with van der Waals surface area (Å²) in [6.07, 6.45) is -3.36. The summed E-state index contributed by atoms with van der Waals surface area (Å²) in [6, 6.07) is 4.71. The topological polar surface area (TPSA) is 106 Å². The number of anilines is 2. The largest absolute Gasteiger partial charge is 1.00 e. The van der Waals surface area contributed by atoms with Crippen molar-refractivity contribution in [3.05, 3.63) is 42.0 Å². The van der Waals surface area contributed by atoms with E-state index < -0.39 is 29.8 Å². The molecule has 14 heteroatoms. The molecule has 2 saturated heterocycles. The molecule has 0 spiro atoms. The number of ether oxygens (including phenoxy) is 2. The molecule has 2 aliphatic heterocycles. The molecule has 37 heavy (non-hydrogen) atoms. The lowest BCUT2D eigenvalue weighted by Gasteiger charge is -2.37. The number of aromatic nitrogens is 2. The van der Waals surface area contributed by atoms with Crippen molar-refractivity contribution in [2.45, 2.75) is 30.9 Å². The van der Waals surface area contributed by atoms with Crippen LogP contribution in [-0.2, 0) is 9.53 Å². The zero-order valence-electron chi connectivity index (χ0n) is 25.8. The fourth-order valence-electron chi connectivity index (χ4n) is 4.46. The van der Waals surface area contributed by atoms with Crippen molar-refractivity contribution in [2.24, 2.45) is 5.73 Å². The number of amides is 1. The average Bonchev–Trinajstić information content (AvgIpc) is 2.84. The Balaban J connectivity index is -0.00000267. The molecule has 2 aromatic rings. The molecule has 3 N–H and O–H groups in total. The van der Waals surface area contributed by atoms with Crippen LogP contribution >= 0.6 is 0 Å². The van der Waals surface area contributed by atoms with Crippen molar-refractivity contribution in [3.8, 4) is 5.75 Å². The van der Waals surface area contributed by atoms with Gasteiger partial charge >= 0.3 is 6.36 Å². The Morgan fingerprint density at radius 3 is 2.57 bits per heavy atom. The molecule has 0 radical (unpaired) electrons. The number of nitrogens with two attached hydrogens (primary N) is 1. The summed E-state index contributed by atoms with van der Waals surface area (Å²) in [7, 11) is 0. The first-order chi connectivity index (χ1) is 17.5. The molecule has 0 bridgehead atoms. The number of piperidine rings is 1. The third-order valence-corrected chi connectivity index (χ3v) is 6.37. The Morgan fingerprint density at radius 2 is 1.92 bits per heavy atom. The fourth-order valence-corrected chi connectivity index (χ4v) is 4.46. The smallest absolute Gasteiger partial charge is 0.573 e. The number of hydrogen-bond donors (Lipinski definition) is 2. The van der Waals surface area contributed by atoms with Crippen LogP contribution in [-0.4, -0.2) is 78.7 Å². The summed E-state index contributed by atoms with van der Waals surface area (Å²) in [5.41, 5.74) is 4.15. The molecule has 1 atom stereocenters. The number of nitrogens with zero attached hydrogens (tertiary/aromatic N) is 4. The summed E-state index contributed by atoms with van der Waals surface area (Å²) >= 11 is 0. The lowest BCUT2D eigenvalue weighted by Crippen LogP contribution is -2.47. The number of benzene rings is 1. The first-order valence-electron chi connectivity index (χ1n) is 11.7. The fraction of sp³-hybridized carbons (Fsp3) is 0.522. The summed E-state index contributed by atoms with van der Waals surface area (Å²) < 4.78 is 77.6. The SMILES string of the molecule is NC(=O)CN1CCC(F)(CNc2ncnc(N3CCOC[C@@H]3c3ccc(OC(F)(F)F)cc3)c2F)CC1.[H-].[H-].[H-].[H-].[H-].[H-]. The van der Waals surface area contributed by atoms with E-state index >= 15 is 8.78 Å². The van der Waals surface area contributed by atoms with Crippen LogP contribution in [0.2, 0.25) is 0 Å². The highest BCUT2D eigenvalue weighted by Gasteiger charge is 2.36. The van der Waals surface area contributed by atoms with Gasteiger partial charge in [0.05, 0.1) is 32.3 Å². The second kappa shape index (κ2) is 11.0. The van der Waals surface area contributed by atoms with Gasteiger partial charge in [0.15, 0.2) is 11.6 Å². The third-order valence-electron chi connectivity index (χ3n) is 6.37. The highest BCUT2D eigenvalue weighted by Crippen LogP contribution is 2.34. The van der Waals surface area contributed by atoms with Gasteiger partial charge in [-0.05, 0) is 30.5 Å². The lowest BCUT2D eigenvalue weighted by atomic mass is 9.93. The van der Waals surface area contributed by atoms with Crippen LogP contribution in [0.4, 0.5) is 33.6 Å². The minimum Gasteiger partial charge on any atom is -1.00 e. The van der Waals surface area contributed by atoms with Crippen molar-refractivity contribution < 1.29 is 44.8 Å². The molecule has 3 heterocycles. The monoisotopic (exact) mass is 536 g/mol. The Labute approximate surface area is 218 Å². The summed E-state index contributed by atoms with van der Waals surface area (Å²) in [5, 5.41) is 2.75. The van der Waals surface area contributed by atoms with E-state index in [4.69, 9.17) is 10.5 Å². The van der Waals surface area contributed by atoms with Crippen molar-refractivity contribution in [3.63, 3.8) is 0 Å². The number of halogens is 5. The number of hydrogen-bond acceptors (Lipinski definition) is 8. The molecule has 0 aliphatic carbocycles. The minimum absolute atomic E-state index is 0. The van der Waals surface area contributed by atoms with Gasteiger partial charge in [0.2, 0.25) is 11.7 Å². The maximum atomic E-state index is 15.5. The van der Waals surface area contributed by atoms with E-state index in [1.54, 1.807) is 9.80 Å². The standard InChI is InChI=1S/C23H27F5N6O3.6H/c24-19-20(30-13-22(25)5-7-33(8-6-22)11-18(29)35)31-14-32-21(19)34-9-10-36-12-17(34)15-1-3-16(4-2-15)37-23(26,27)28;;;;;;/h1-4,14,17H,5-13H2,(H2,29,35)(H,30,31,32);;;;;;/q;6*-1/t17-;;;;;;/m1....../s1. The van der Waals surface area contributed by atoms with Crippen molar-refractivity contribution in [2.75, 3.05) is 56.2 Å². The van der Waals surface area contributed by atoms with Gasteiger partial charge in [-0.3, -0.25) is 9.69 Å². The predicted molar refractivity (Wildman–Crippen MR) is 130 cm³/mol. The summed E-state index contributed by atoms with van der Waals surface area (Å²) in [4.78, 5) is 22.5. The second-order valence-corrected chi connectivity index (χ2v) is 9.01. The molecular formula is C23H33F5N6O3-6. The predicted octanol–water partition coefficient (Wildman–Crippen LogP) is 3.47. The third kappa shape index (κ3) is 6.95. The molecule has 214 valence electrons. The van der Waals surface area contributed by atoms with E-state index in [1.807, 2.05) is 0 Å². The molecule has 0 saturated carbocycles. The number of primary amides is 1. The van der Waals surface area contributed by atoms with Gasteiger partial charge in [0.25, 0.3) is 0 Å². The van der Waals surface area contributed by atoms with Gasteiger partial charge in [0, 0.05) is 19.6 Å². The van der Waals surface area contributed by atoms with E-state index in [0.717, 1.165) is 6.33 Å². The molecule has 9 nitrogen and oxygen atoms in total. The van der Waals surface area contributed by atoms with E-state index in [2.05, 4.69) is 20.0 Å². The highest BCUT2D eigenvalue weighted by molar-refractivity contribution is 5.75. The van der Waals surface area contributed by atoms with Crippen LogP contribution in [0.25, 0.3) is 0 Å². The normalized spacial score (nSPS) is 20.5. The van der Waals surface area contributed by atoms with Gasteiger partial charge in [-0.25, -0.2) is 14.4 Å². The molecule has 4 rings (SSSR count). The van der Waals surface area contributed by atoms with Crippen LogP contribution in [0.15, 0.2) is 30.6 Å². The molecule has 0 unspecified atom stereocenters. The number of likely N-dealkylation sites (tertiary alicyclic amines) is 1. The molecule has 2 aliphatic rings. The van der Waals surface area contributed by atoms with Gasteiger partial charge in [0.1, 0.15) is 17.7 Å². The molecule has 1 aromatic heterocycles. The zero-order chi connectivity index (χ0) is 26.6. The summed E-state index contributed by atoms with van der Waals surface area (Å²) in [6.45, 7) is 1.28. The van der Waals surface area contributed by atoms with Crippen LogP contribution in [0, 0.1) is 5.82 Å². The van der Waals surface area contributed by atoms with E-state index in [1.165, 1.54) is 24.3 Å². The summed E-state index contributed by atoms with van der Waals surface area (Å²) in [5.74, 6) is -1.83. The number of nitrogens with one attached hydrogen (secondary N) is 1. The van der Waals surface area contributed by atoms with Gasteiger partial charge in [-0.15, -0.1) is 13.2 Å². The highest BCUT2D eigenvalue weighted by atomic mass is 19.4. The molecule has 1 amide bonds. The Bertz CT molecular complexity index is 1100. The Hall–Kier alpha value is -3.26. The van der Waals surface area contributed by atoms with E-state index in [0.29, 0.717) is 18.7 Å². The van der Waals surface area contributed by atoms with Crippen LogP contribution < -0.4 is 20.7 Å². The van der Waals surface area contributed by atoms with Gasteiger partial charge in [-0.1, -0.05) is 12.1 Å². The number of alkyl halides is 4. The molecule has 2 fully saturated rings. The van der Waals surface area contributed by atoms with Crippen LogP contribution in [0.3, 0.4) is 0 Å². The zero-order valence-corrected chi connectivity index (χ0v) is 19.8. The first-order valence-corrected chi connectivity index (χ1v) is 11.7. The second-order valence-electron chi connectivity index (χ2n) is 9.01. The number of morpholine rings is 1. The lowest BCUT2D eigenvalue weighted by molar-refractivity contribution is -0.274. The van der Waals surface area contributed by atoms with Gasteiger partial charge in [-0.2, -0.15) is 4.39 Å². The quantitative estimate of drug-likeness (QED) is 0.495. The average molecular weight is 537 g/mol. The van der Waals surface area contributed by atoms with Crippen LogP contribution in [0.1, 0.15) is 33.0 Å². The maximum absolute atomic E-state index is 15.5. The maximum Gasteiger partial charge on any atom is 0.573 e. The van der Waals surface area contributed by atoms with E-state index in [9.17, 15) is 18.0 Å². The number of carbonyl (C=O) groups excluding carboxylic acids is 1. The van der Waals surface area contributed by atoms with Crippen LogP contribution in [0.5, 0.6) is 5.75 Å². The Kier molecular flexibility index (Phi) is 7.97. The minimum atomic E-state index is -4.81. The number of rotatable bonds is 8. The van der Waals surface area contributed by atoms with Crippen molar-refractivity contribution in [1.82, 2.24) is 14.9 Å². The molecular weight excluding hydrogens is 503 g/mol. The van der Waals surface area contributed by atoms with E-state index in [-0.39, 0.29) is 71.6 Å². The molecule has 1 aromatic carbocycles. The van der Waals surface area contributed by atoms with Gasteiger partial charge < -0.3 is 34.0 Å². The Morgan fingerprint density at radius 1 is 1.22 bits per heavy atom. The first kappa shape index (κ1) is 26.8. The number of carbonyl (C=O) groups is 1.